The Morgan fingerprint density at radius 1 is 1.17 bits per heavy atom. The van der Waals surface area contributed by atoms with Gasteiger partial charge in [-0.05, 0) is 59.7 Å². The summed E-state index contributed by atoms with van der Waals surface area (Å²) in [7, 11) is 1.60. The van der Waals surface area contributed by atoms with Crippen LogP contribution in [0.3, 0.4) is 0 Å². The van der Waals surface area contributed by atoms with E-state index in [9.17, 15) is 9.90 Å². The van der Waals surface area contributed by atoms with Crippen LogP contribution in [0.5, 0.6) is 5.75 Å². The average Bonchev–Trinajstić information content (AvgIpc) is 2.50. The summed E-state index contributed by atoms with van der Waals surface area (Å²) in [4.78, 5) is 11.8. The number of carbonyl (C=O) groups is 1. The Hall–Kier alpha value is -2.00. The van der Waals surface area contributed by atoms with Crippen molar-refractivity contribution in [3.63, 3.8) is 0 Å². The molecule has 1 N–H and O–H groups in total. The molecule has 1 unspecified atom stereocenters. The van der Waals surface area contributed by atoms with Gasteiger partial charge in [-0.3, -0.25) is 4.79 Å². The number of benzene rings is 2. The second-order valence-electron chi connectivity index (χ2n) is 6.01. The number of ether oxygens (including phenoxy) is 1. The normalized spacial score (nSPS) is 15.7. The second-order valence-corrected chi connectivity index (χ2v) is 6.45. The molecule has 4 heteroatoms. The van der Waals surface area contributed by atoms with E-state index < -0.39 is 11.9 Å². The van der Waals surface area contributed by atoms with E-state index in [-0.39, 0.29) is 5.92 Å². The predicted octanol–water partition coefficient (Wildman–Crippen LogP) is 4.98. The lowest BCUT2D eigenvalue weighted by atomic mass is 9.72. The predicted molar refractivity (Wildman–Crippen MR) is 91.2 cm³/mol. The molecule has 0 aliphatic heterocycles. The summed E-state index contributed by atoms with van der Waals surface area (Å²) in [5.41, 5.74) is 2.75. The third-order valence-electron chi connectivity index (χ3n) is 4.59. The molecule has 1 fully saturated rings. The van der Waals surface area contributed by atoms with Crippen molar-refractivity contribution in [1.29, 1.82) is 0 Å². The van der Waals surface area contributed by atoms with Crippen molar-refractivity contribution in [3.05, 3.63) is 53.1 Å². The van der Waals surface area contributed by atoms with Crippen molar-refractivity contribution in [1.82, 2.24) is 0 Å². The van der Waals surface area contributed by atoms with Gasteiger partial charge in [-0.1, -0.05) is 36.2 Å². The van der Waals surface area contributed by atoms with Crippen LogP contribution in [0.2, 0.25) is 5.02 Å². The lowest BCUT2D eigenvalue weighted by Gasteiger charge is -2.31. The zero-order chi connectivity index (χ0) is 16.4. The molecule has 0 radical (unpaired) electrons. The molecule has 0 bridgehead atoms. The zero-order valence-corrected chi connectivity index (χ0v) is 13.7. The molecule has 3 rings (SSSR count). The number of methoxy groups -OCH3 is 1. The van der Waals surface area contributed by atoms with Gasteiger partial charge in [0.15, 0.2) is 0 Å². The van der Waals surface area contributed by atoms with Gasteiger partial charge in [0.05, 0.1) is 13.0 Å². The fraction of sp³-hybridized carbons (Fsp3) is 0.316. The average molecular weight is 331 g/mol. The molecule has 2 aromatic rings. The Balaban J connectivity index is 2.04. The minimum Gasteiger partial charge on any atom is -0.497 e. The van der Waals surface area contributed by atoms with Gasteiger partial charge in [0.25, 0.3) is 0 Å². The molecule has 0 saturated heterocycles. The van der Waals surface area contributed by atoms with Crippen molar-refractivity contribution in [2.75, 3.05) is 7.11 Å². The maximum absolute atomic E-state index is 11.8. The first-order valence-electron chi connectivity index (χ1n) is 7.76. The largest absolute Gasteiger partial charge is 0.497 e. The van der Waals surface area contributed by atoms with Gasteiger partial charge in [0, 0.05) is 5.02 Å². The Kier molecular flexibility index (Phi) is 4.58. The number of halogens is 1. The van der Waals surface area contributed by atoms with Crippen LogP contribution in [-0.4, -0.2) is 18.2 Å². The van der Waals surface area contributed by atoms with Gasteiger partial charge < -0.3 is 9.84 Å². The van der Waals surface area contributed by atoms with E-state index in [1.54, 1.807) is 7.11 Å². The van der Waals surface area contributed by atoms with Crippen molar-refractivity contribution >= 4 is 17.6 Å². The third-order valence-corrected chi connectivity index (χ3v) is 4.84. The van der Waals surface area contributed by atoms with Gasteiger partial charge in [-0.2, -0.15) is 0 Å². The first kappa shape index (κ1) is 15.9. The van der Waals surface area contributed by atoms with Crippen LogP contribution in [0.4, 0.5) is 0 Å². The summed E-state index contributed by atoms with van der Waals surface area (Å²) in [5, 5.41) is 10.3. The van der Waals surface area contributed by atoms with Crippen LogP contribution >= 0.6 is 11.6 Å². The maximum atomic E-state index is 11.8. The maximum Gasteiger partial charge on any atom is 0.311 e. The molecular formula is C19H19ClO3. The molecule has 120 valence electrons. The van der Waals surface area contributed by atoms with Gasteiger partial charge in [-0.25, -0.2) is 0 Å². The van der Waals surface area contributed by atoms with Gasteiger partial charge in [0.2, 0.25) is 0 Å². The SMILES string of the molecule is COc1cc(-c2ccc(Cl)cc2)cc(C(C(=O)O)C2CCC2)c1. The quantitative estimate of drug-likeness (QED) is 0.840. The Bertz CT molecular complexity index is 705. The fourth-order valence-electron chi connectivity index (χ4n) is 3.12. The Morgan fingerprint density at radius 2 is 1.87 bits per heavy atom. The summed E-state index contributed by atoms with van der Waals surface area (Å²) >= 11 is 5.95. The Labute approximate surface area is 140 Å². The second kappa shape index (κ2) is 6.63. The third kappa shape index (κ3) is 3.35. The number of hydrogen-bond acceptors (Lipinski definition) is 2. The molecular weight excluding hydrogens is 312 g/mol. The highest BCUT2D eigenvalue weighted by atomic mass is 35.5. The van der Waals surface area contributed by atoms with E-state index in [4.69, 9.17) is 16.3 Å². The Morgan fingerprint density at radius 3 is 2.39 bits per heavy atom. The van der Waals surface area contributed by atoms with Crippen molar-refractivity contribution < 1.29 is 14.6 Å². The highest BCUT2D eigenvalue weighted by Crippen LogP contribution is 2.41. The smallest absolute Gasteiger partial charge is 0.311 e. The topological polar surface area (TPSA) is 46.5 Å². The van der Waals surface area contributed by atoms with Crippen LogP contribution in [0.25, 0.3) is 11.1 Å². The van der Waals surface area contributed by atoms with Gasteiger partial charge >= 0.3 is 5.97 Å². The molecule has 0 amide bonds. The number of carboxylic acids is 1. The van der Waals surface area contributed by atoms with Crippen LogP contribution in [0, 0.1) is 5.92 Å². The van der Waals surface area contributed by atoms with Crippen LogP contribution in [-0.2, 0) is 4.79 Å². The summed E-state index contributed by atoms with van der Waals surface area (Å²) in [6, 6.07) is 13.2. The molecule has 1 saturated carbocycles. The minimum atomic E-state index is -0.759. The van der Waals surface area contributed by atoms with Crippen molar-refractivity contribution in [2.45, 2.75) is 25.2 Å². The summed E-state index contributed by atoms with van der Waals surface area (Å²) < 4.78 is 5.38. The monoisotopic (exact) mass is 330 g/mol. The van der Waals surface area contributed by atoms with E-state index in [0.717, 1.165) is 36.0 Å². The summed E-state index contributed by atoms with van der Waals surface area (Å²) in [6.07, 6.45) is 3.07. The molecule has 1 aliphatic rings. The van der Waals surface area contributed by atoms with Crippen molar-refractivity contribution in [2.24, 2.45) is 5.92 Å². The number of rotatable bonds is 5. The van der Waals surface area contributed by atoms with E-state index in [2.05, 4.69) is 0 Å². The van der Waals surface area contributed by atoms with E-state index in [0.29, 0.717) is 10.8 Å². The first-order valence-corrected chi connectivity index (χ1v) is 8.14. The highest BCUT2D eigenvalue weighted by molar-refractivity contribution is 6.30. The van der Waals surface area contributed by atoms with Gasteiger partial charge in [-0.15, -0.1) is 0 Å². The van der Waals surface area contributed by atoms with E-state index in [1.807, 2.05) is 42.5 Å². The standard InChI is InChI=1S/C19H19ClO3/c1-23-17-10-14(12-5-7-16(20)8-6-12)9-15(11-17)18(19(21)22)13-3-2-4-13/h5-11,13,18H,2-4H2,1H3,(H,21,22). The van der Waals surface area contributed by atoms with Crippen LogP contribution in [0.15, 0.2) is 42.5 Å². The van der Waals surface area contributed by atoms with E-state index in [1.165, 1.54) is 0 Å². The first-order chi connectivity index (χ1) is 11.1. The summed E-state index contributed by atoms with van der Waals surface area (Å²) in [6.45, 7) is 0. The molecule has 0 spiro atoms. The molecule has 23 heavy (non-hydrogen) atoms. The van der Waals surface area contributed by atoms with Crippen LogP contribution < -0.4 is 4.74 Å². The minimum absolute atomic E-state index is 0.220. The lowest BCUT2D eigenvalue weighted by Crippen LogP contribution is -2.26. The molecule has 1 atom stereocenters. The van der Waals surface area contributed by atoms with E-state index >= 15 is 0 Å². The molecule has 2 aromatic carbocycles. The number of hydrogen-bond donors (Lipinski definition) is 1. The fourth-order valence-corrected chi connectivity index (χ4v) is 3.24. The lowest BCUT2D eigenvalue weighted by molar-refractivity contribution is -0.141. The molecule has 3 nitrogen and oxygen atoms in total. The van der Waals surface area contributed by atoms with Crippen molar-refractivity contribution in [3.8, 4) is 16.9 Å². The highest BCUT2D eigenvalue weighted by Gasteiger charge is 2.34. The molecule has 1 aliphatic carbocycles. The van der Waals surface area contributed by atoms with Gasteiger partial charge in [0.1, 0.15) is 5.75 Å². The molecule has 0 heterocycles. The number of carboxylic acid groups (broad SMARTS) is 1. The summed E-state index contributed by atoms with van der Waals surface area (Å²) in [5.74, 6) is -0.328. The zero-order valence-electron chi connectivity index (χ0n) is 13.0. The van der Waals surface area contributed by atoms with Crippen LogP contribution in [0.1, 0.15) is 30.7 Å². The number of aliphatic carboxylic acids is 1. The molecule has 0 aromatic heterocycles.